The maximum atomic E-state index is 12.9. The van der Waals surface area contributed by atoms with Crippen molar-refractivity contribution >= 4 is 28.2 Å². The summed E-state index contributed by atoms with van der Waals surface area (Å²) >= 11 is 2.95. The van der Waals surface area contributed by atoms with Gasteiger partial charge in [0.05, 0.1) is 5.75 Å². The van der Waals surface area contributed by atoms with Crippen molar-refractivity contribution in [2.24, 2.45) is 0 Å². The Hall–Kier alpha value is -2.00. The van der Waals surface area contributed by atoms with E-state index in [2.05, 4.69) is 25.7 Å². The van der Waals surface area contributed by atoms with Gasteiger partial charge < -0.3 is 9.84 Å². The molecule has 0 radical (unpaired) electrons. The Labute approximate surface area is 153 Å². The average molecular weight is 379 g/mol. The zero-order valence-electron chi connectivity index (χ0n) is 14.1. The summed E-state index contributed by atoms with van der Waals surface area (Å²) in [6.45, 7) is 6.69. The molecule has 3 aromatic rings. The first-order valence-electron chi connectivity index (χ1n) is 7.68. The molecule has 0 atom stereocenters. The van der Waals surface area contributed by atoms with E-state index in [-0.39, 0.29) is 11.2 Å². The van der Waals surface area contributed by atoms with E-state index in [0.717, 1.165) is 9.90 Å². The molecule has 0 aliphatic rings. The van der Waals surface area contributed by atoms with Crippen molar-refractivity contribution in [2.75, 3.05) is 5.32 Å². The monoisotopic (exact) mass is 379 g/mol. The smallest absolute Gasteiger partial charge is 0.237 e. The van der Waals surface area contributed by atoms with E-state index in [4.69, 9.17) is 4.52 Å². The summed E-state index contributed by atoms with van der Waals surface area (Å²) in [7, 11) is 0. The zero-order valence-corrected chi connectivity index (χ0v) is 15.7. The van der Waals surface area contributed by atoms with Crippen LogP contribution in [-0.4, -0.2) is 20.3 Å². The van der Waals surface area contributed by atoms with Crippen LogP contribution in [0, 0.1) is 5.82 Å². The molecule has 2 aromatic heterocycles. The molecule has 0 unspecified atom stereocenters. The summed E-state index contributed by atoms with van der Waals surface area (Å²) in [4.78, 5) is 4.40. The van der Waals surface area contributed by atoms with E-state index in [1.54, 1.807) is 12.1 Å². The Balaban J connectivity index is 1.51. The van der Waals surface area contributed by atoms with E-state index in [1.165, 1.54) is 35.2 Å². The first-order chi connectivity index (χ1) is 11.9. The van der Waals surface area contributed by atoms with Gasteiger partial charge >= 0.3 is 0 Å². The molecule has 0 aliphatic carbocycles. The largest absolute Gasteiger partial charge is 0.356 e. The lowest BCUT2D eigenvalue weighted by Crippen LogP contribution is -2.13. The lowest BCUT2D eigenvalue weighted by Gasteiger charge is -2.10. The van der Waals surface area contributed by atoms with Gasteiger partial charge in [-0.25, -0.2) is 4.39 Å². The molecular weight excluding hydrogens is 361 g/mol. The third-order valence-corrected chi connectivity index (χ3v) is 5.22. The summed E-state index contributed by atoms with van der Waals surface area (Å²) in [6.07, 6.45) is 0. The second kappa shape index (κ2) is 7.49. The maximum Gasteiger partial charge on any atom is 0.237 e. The van der Waals surface area contributed by atoms with E-state index in [1.807, 2.05) is 20.8 Å². The first-order valence-corrected chi connectivity index (χ1v) is 9.48. The van der Waals surface area contributed by atoms with Crippen molar-refractivity contribution in [1.29, 1.82) is 0 Å². The Morgan fingerprint density at radius 3 is 2.64 bits per heavy atom. The lowest BCUT2D eigenvalue weighted by atomic mass is 9.96. The molecule has 0 saturated heterocycles. The molecule has 0 amide bonds. The summed E-state index contributed by atoms with van der Waals surface area (Å²) < 4.78 is 19.0. The molecule has 2 heterocycles. The highest BCUT2D eigenvalue weighted by Crippen LogP contribution is 2.29. The number of thioether (sulfide) groups is 1. The van der Waals surface area contributed by atoms with Crippen LogP contribution in [0.3, 0.4) is 0 Å². The molecule has 0 bridgehead atoms. The van der Waals surface area contributed by atoms with Crippen molar-refractivity contribution in [1.82, 2.24) is 20.3 Å². The third kappa shape index (κ3) is 4.99. The van der Waals surface area contributed by atoms with E-state index in [9.17, 15) is 4.39 Å². The number of hydrogen-bond donors (Lipinski definition) is 1. The number of anilines is 1. The van der Waals surface area contributed by atoms with Crippen LogP contribution in [0.4, 0.5) is 9.52 Å². The van der Waals surface area contributed by atoms with Gasteiger partial charge in [0, 0.05) is 12.0 Å². The standard InChI is InChI=1S/C16H18FN5OS2/c1-16(2,3)13-19-12(23-22-13)9-24-15-21-20-14(25-15)18-8-10-4-6-11(17)7-5-10/h4-7H,8-9H2,1-3H3,(H,18,20). The van der Waals surface area contributed by atoms with Crippen molar-refractivity contribution in [3.05, 3.63) is 47.4 Å². The van der Waals surface area contributed by atoms with Gasteiger partial charge in [-0.15, -0.1) is 10.2 Å². The van der Waals surface area contributed by atoms with Gasteiger partial charge in [-0.1, -0.05) is 61.2 Å². The number of nitrogens with one attached hydrogen (secondary N) is 1. The van der Waals surface area contributed by atoms with Crippen LogP contribution in [0.25, 0.3) is 0 Å². The average Bonchev–Trinajstić information content (AvgIpc) is 3.21. The van der Waals surface area contributed by atoms with Gasteiger partial charge in [-0.05, 0) is 17.7 Å². The quantitative estimate of drug-likeness (QED) is 0.641. The molecule has 1 N–H and O–H groups in total. The number of nitrogens with zero attached hydrogens (tertiary/aromatic N) is 4. The zero-order chi connectivity index (χ0) is 17.9. The van der Waals surface area contributed by atoms with Crippen molar-refractivity contribution in [2.45, 2.75) is 42.8 Å². The molecule has 0 aliphatic heterocycles. The summed E-state index contributed by atoms with van der Waals surface area (Å²) in [5, 5.41) is 16.1. The molecule has 1 aromatic carbocycles. The molecular formula is C16H18FN5OS2. The second-order valence-corrected chi connectivity index (χ2v) is 8.60. The fourth-order valence-corrected chi connectivity index (χ4v) is 3.45. The number of halogens is 1. The van der Waals surface area contributed by atoms with Crippen LogP contribution in [0.1, 0.15) is 38.0 Å². The highest BCUT2D eigenvalue weighted by molar-refractivity contribution is 8.00. The summed E-state index contributed by atoms with van der Waals surface area (Å²) in [5.74, 6) is 1.58. The van der Waals surface area contributed by atoms with Gasteiger partial charge in [0.25, 0.3) is 0 Å². The normalized spacial score (nSPS) is 11.7. The highest BCUT2D eigenvalue weighted by Gasteiger charge is 2.21. The Bertz CT molecular complexity index is 826. The minimum Gasteiger partial charge on any atom is -0.356 e. The first kappa shape index (κ1) is 17.8. The second-order valence-electron chi connectivity index (χ2n) is 6.40. The van der Waals surface area contributed by atoms with Crippen LogP contribution in [-0.2, 0) is 17.7 Å². The number of rotatable bonds is 6. The minimum absolute atomic E-state index is 0.132. The Morgan fingerprint density at radius 1 is 1.20 bits per heavy atom. The number of aromatic nitrogens is 4. The molecule has 0 fully saturated rings. The van der Waals surface area contributed by atoms with Crippen LogP contribution in [0.2, 0.25) is 0 Å². The predicted molar refractivity (Wildman–Crippen MR) is 96.2 cm³/mol. The molecule has 6 nitrogen and oxygen atoms in total. The van der Waals surface area contributed by atoms with Crippen LogP contribution < -0.4 is 5.32 Å². The molecule has 9 heteroatoms. The highest BCUT2D eigenvalue weighted by atomic mass is 32.2. The van der Waals surface area contributed by atoms with Crippen LogP contribution >= 0.6 is 23.1 Å². The minimum atomic E-state index is -0.242. The van der Waals surface area contributed by atoms with Crippen molar-refractivity contribution in [3.8, 4) is 0 Å². The third-order valence-electron chi connectivity index (χ3n) is 3.22. The summed E-state index contributed by atoms with van der Waals surface area (Å²) in [5.41, 5.74) is 0.846. The fraction of sp³-hybridized carbons (Fsp3) is 0.375. The fourth-order valence-electron chi connectivity index (χ4n) is 1.86. The van der Waals surface area contributed by atoms with Crippen LogP contribution in [0.5, 0.6) is 0 Å². The number of hydrogen-bond acceptors (Lipinski definition) is 8. The Kier molecular flexibility index (Phi) is 5.33. The predicted octanol–water partition coefficient (Wildman–Crippen LogP) is 4.26. The Morgan fingerprint density at radius 2 is 1.96 bits per heavy atom. The maximum absolute atomic E-state index is 12.9. The van der Waals surface area contributed by atoms with E-state index in [0.29, 0.717) is 29.1 Å². The lowest BCUT2D eigenvalue weighted by molar-refractivity contribution is 0.373. The van der Waals surface area contributed by atoms with Gasteiger partial charge in [0.1, 0.15) is 5.82 Å². The van der Waals surface area contributed by atoms with E-state index >= 15 is 0 Å². The van der Waals surface area contributed by atoms with Gasteiger partial charge in [0.2, 0.25) is 11.0 Å². The van der Waals surface area contributed by atoms with Crippen molar-refractivity contribution < 1.29 is 8.91 Å². The van der Waals surface area contributed by atoms with Crippen molar-refractivity contribution in [3.63, 3.8) is 0 Å². The van der Waals surface area contributed by atoms with Gasteiger partial charge in [-0.3, -0.25) is 0 Å². The molecule has 0 spiro atoms. The van der Waals surface area contributed by atoms with Crippen LogP contribution in [0.15, 0.2) is 33.1 Å². The number of benzene rings is 1. The summed E-state index contributed by atoms with van der Waals surface area (Å²) in [6, 6.07) is 6.35. The molecule has 132 valence electrons. The SMILES string of the molecule is CC(C)(C)c1noc(CSc2nnc(NCc3ccc(F)cc3)s2)n1. The molecule has 25 heavy (non-hydrogen) atoms. The van der Waals surface area contributed by atoms with Gasteiger partial charge in [0.15, 0.2) is 10.2 Å². The molecule has 0 saturated carbocycles. The molecule has 3 rings (SSSR count). The van der Waals surface area contributed by atoms with Gasteiger partial charge in [-0.2, -0.15) is 4.98 Å². The topological polar surface area (TPSA) is 76.7 Å². The van der Waals surface area contributed by atoms with E-state index < -0.39 is 0 Å².